The molecule has 5 aliphatic heterocycles. The molecule has 5 heterocycles. The minimum Gasteiger partial charge on any atom is -0.481 e. The van der Waals surface area contributed by atoms with Crippen molar-refractivity contribution in [3.05, 3.63) is 0 Å². The summed E-state index contributed by atoms with van der Waals surface area (Å²) < 4.78 is 45.5. The van der Waals surface area contributed by atoms with Gasteiger partial charge < -0.3 is 48.5 Å². The SMILES string of the molecule is CCC1(C2OC(C3OC(CO)(OC(C)=O)C(C)CC3C)CC2C)CCC(C2(C)CCC3(CC(O)C(C)C(C(C)C(OC)C(C)C(=O)O)O3)O2)O1. The molecule has 0 radical (unpaired) electrons. The van der Waals surface area contributed by atoms with E-state index in [9.17, 15) is 24.9 Å². The van der Waals surface area contributed by atoms with Gasteiger partial charge in [0.05, 0.1) is 59.8 Å². The number of hydrogen-bond acceptors (Lipinski definition) is 11. The zero-order valence-electron chi connectivity index (χ0n) is 31.9. The van der Waals surface area contributed by atoms with Gasteiger partial charge in [0.15, 0.2) is 5.79 Å². The van der Waals surface area contributed by atoms with Crippen LogP contribution in [0.5, 0.6) is 0 Å². The highest BCUT2D eigenvalue weighted by atomic mass is 16.7. The first-order valence-electron chi connectivity index (χ1n) is 19.0. The highest BCUT2D eigenvalue weighted by Crippen LogP contribution is 2.55. The Kier molecular flexibility index (Phi) is 11.8. The molecule has 0 amide bonds. The number of rotatable bonds is 11. The molecule has 0 aromatic heterocycles. The van der Waals surface area contributed by atoms with Gasteiger partial charge in [-0.2, -0.15) is 0 Å². The van der Waals surface area contributed by atoms with Gasteiger partial charge in [0.2, 0.25) is 5.79 Å². The Morgan fingerprint density at radius 2 is 1.70 bits per heavy atom. The number of carbonyl (C=O) groups excluding carboxylic acids is 1. The molecule has 17 atom stereocenters. The molecule has 12 heteroatoms. The average Bonchev–Trinajstić information content (AvgIpc) is 3.77. The number of ether oxygens (including phenoxy) is 7. The summed E-state index contributed by atoms with van der Waals surface area (Å²) in [4.78, 5) is 23.9. The lowest BCUT2D eigenvalue weighted by Crippen LogP contribution is -2.57. The van der Waals surface area contributed by atoms with E-state index in [0.29, 0.717) is 19.3 Å². The van der Waals surface area contributed by atoms with Gasteiger partial charge in [0, 0.05) is 44.6 Å². The van der Waals surface area contributed by atoms with E-state index in [-0.39, 0.29) is 54.0 Å². The summed E-state index contributed by atoms with van der Waals surface area (Å²) in [5.41, 5.74) is -1.20. The highest BCUT2D eigenvalue weighted by molar-refractivity contribution is 5.70. The van der Waals surface area contributed by atoms with E-state index in [1.54, 1.807) is 6.92 Å². The summed E-state index contributed by atoms with van der Waals surface area (Å²) >= 11 is 0. The predicted molar refractivity (Wildman–Crippen MR) is 182 cm³/mol. The summed E-state index contributed by atoms with van der Waals surface area (Å²) in [5, 5.41) is 31.3. The van der Waals surface area contributed by atoms with Gasteiger partial charge in [-0.1, -0.05) is 41.5 Å². The fraction of sp³-hybridized carbons (Fsp3) is 0.947. The predicted octanol–water partition coefficient (Wildman–Crippen LogP) is 4.84. The molecule has 0 bridgehead atoms. The number of carboxylic acids is 1. The fourth-order valence-corrected chi connectivity index (χ4v) is 10.3. The summed E-state index contributed by atoms with van der Waals surface area (Å²) in [6, 6.07) is 0. The Balaban J connectivity index is 1.29. The first kappa shape index (κ1) is 39.8. The molecule has 17 unspecified atom stereocenters. The van der Waals surface area contributed by atoms with Crippen molar-refractivity contribution in [1.29, 1.82) is 0 Å². The van der Waals surface area contributed by atoms with E-state index in [0.717, 1.165) is 32.1 Å². The van der Waals surface area contributed by atoms with E-state index in [1.807, 2.05) is 20.8 Å². The van der Waals surface area contributed by atoms with Crippen LogP contribution in [0.3, 0.4) is 0 Å². The van der Waals surface area contributed by atoms with Gasteiger partial charge >= 0.3 is 11.9 Å². The van der Waals surface area contributed by atoms with Gasteiger partial charge in [-0.15, -0.1) is 0 Å². The van der Waals surface area contributed by atoms with E-state index >= 15 is 0 Å². The van der Waals surface area contributed by atoms with Gasteiger partial charge in [0.25, 0.3) is 0 Å². The van der Waals surface area contributed by atoms with E-state index in [4.69, 9.17) is 33.2 Å². The topological polar surface area (TPSA) is 159 Å². The molecule has 12 nitrogen and oxygen atoms in total. The third kappa shape index (κ3) is 7.13. The minimum atomic E-state index is -1.39. The lowest BCUT2D eigenvalue weighted by atomic mass is 9.78. The molecule has 0 aromatic rings. The molecule has 0 aromatic carbocycles. The van der Waals surface area contributed by atoms with Gasteiger partial charge in [-0.3, -0.25) is 9.59 Å². The second-order valence-corrected chi connectivity index (χ2v) is 16.9. The number of aliphatic carboxylic acids is 1. The van der Waals surface area contributed by atoms with Crippen LogP contribution in [0.4, 0.5) is 0 Å². The van der Waals surface area contributed by atoms with Crippen molar-refractivity contribution >= 4 is 11.9 Å². The zero-order chi connectivity index (χ0) is 37.0. The molecule has 50 heavy (non-hydrogen) atoms. The second-order valence-electron chi connectivity index (χ2n) is 16.9. The van der Waals surface area contributed by atoms with Crippen molar-refractivity contribution < 1.29 is 58.1 Å². The second kappa shape index (κ2) is 14.8. The zero-order valence-corrected chi connectivity index (χ0v) is 31.9. The molecular formula is C38H64O12. The number of aliphatic hydroxyl groups excluding tert-OH is 2. The molecule has 3 N–H and O–H groups in total. The Bertz CT molecular complexity index is 1220. The maximum absolute atomic E-state index is 12.0. The molecule has 5 aliphatic rings. The summed E-state index contributed by atoms with van der Waals surface area (Å²) in [5.74, 6) is -4.96. The van der Waals surface area contributed by atoms with Crippen molar-refractivity contribution in [3.63, 3.8) is 0 Å². The van der Waals surface area contributed by atoms with Gasteiger partial charge in [0.1, 0.15) is 6.61 Å². The van der Waals surface area contributed by atoms with E-state index in [1.165, 1.54) is 14.0 Å². The number of aliphatic hydroxyl groups is 2. The summed E-state index contributed by atoms with van der Waals surface area (Å²) in [6.07, 6.45) is 2.69. The molecule has 0 aliphatic carbocycles. The third-order valence-corrected chi connectivity index (χ3v) is 13.3. The van der Waals surface area contributed by atoms with Crippen LogP contribution in [-0.2, 0) is 42.7 Å². The lowest BCUT2D eigenvalue weighted by Gasteiger charge is -2.49. The van der Waals surface area contributed by atoms with Crippen LogP contribution in [-0.4, -0.2) is 106 Å². The standard InChI is InChI=1S/C38H64O12/c1-11-36(33-21(3)17-28(45-33)30-20(2)16-22(4)38(19-39,49-30)46-26(8)40)13-12-29(47-36)35(9)14-15-37(50-35)18-27(41)23(5)32(48-37)24(6)31(44-10)25(7)34(42)43/h20-25,27-33,39,41H,11-19H2,1-10H3,(H,42,43). The molecule has 5 fully saturated rings. The number of methoxy groups -OCH3 is 1. The van der Waals surface area contributed by atoms with Gasteiger partial charge in [-0.25, -0.2) is 0 Å². The first-order valence-corrected chi connectivity index (χ1v) is 19.0. The van der Waals surface area contributed by atoms with Crippen LogP contribution in [0.15, 0.2) is 0 Å². The molecular weight excluding hydrogens is 648 g/mol. The monoisotopic (exact) mass is 712 g/mol. The quantitative estimate of drug-likeness (QED) is 0.251. The smallest absolute Gasteiger partial charge is 0.308 e. The Morgan fingerprint density at radius 3 is 2.30 bits per heavy atom. The molecule has 5 rings (SSSR count). The Hall–Kier alpha value is -1.38. The van der Waals surface area contributed by atoms with Crippen molar-refractivity contribution in [3.8, 4) is 0 Å². The number of carboxylic acid groups (broad SMARTS) is 1. The van der Waals surface area contributed by atoms with Crippen molar-refractivity contribution in [2.75, 3.05) is 13.7 Å². The third-order valence-electron chi connectivity index (χ3n) is 13.3. The lowest BCUT2D eigenvalue weighted by molar-refractivity contribution is -0.336. The highest BCUT2D eigenvalue weighted by Gasteiger charge is 2.62. The Morgan fingerprint density at radius 1 is 1.00 bits per heavy atom. The van der Waals surface area contributed by atoms with Crippen LogP contribution in [0, 0.1) is 35.5 Å². The van der Waals surface area contributed by atoms with Crippen LogP contribution < -0.4 is 0 Å². The summed E-state index contributed by atoms with van der Waals surface area (Å²) in [7, 11) is 1.52. The van der Waals surface area contributed by atoms with Crippen molar-refractivity contribution in [1.82, 2.24) is 0 Å². The molecule has 1 spiro atoms. The minimum absolute atomic E-state index is 0.139. The van der Waals surface area contributed by atoms with Gasteiger partial charge in [-0.05, 0) is 64.2 Å². The average molecular weight is 713 g/mol. The Labute approximate surface area is 298 Å². The van der Waals surface area contributed by atoms with Crippen molar-refractivity contribution in [2.24, 2.45) is 35.5 Å². The van der Waals surface area contributed by atoms with E-state index in [2.05, 4.69) is 27.7 Å². The van der Waals surface area contributed by atoms with E-state index < -0.39 is 65.6 Å². The maximum Gasteiger partial charge on any atom is 0.308 e. The number of carbonyl (C=O) groups is 2. The van der Waals surface area contributed by atoms with Crippen LogP contribution in [0.2, 0.25) is 0 Å². The summed E-state index contributed by atoms with van der Waals surface area (Å²) in [6.45, 7) is 16.9. The first-order chi connectivity index (χ1) is 23.4. The van der Waals surface area contributed by atoms with Crippen LogP contribution in [0.1, 0.15) is 114 Å². The van der Waals surface area contributed by atoms with Crippen LogP contribution >= 0.6 is 0 Å². The normalized spacial score (nSPS) is 48.4. The maximum atomic E-state index is 12.0. The number of hydrogen-bond donors (Lipinski definition) is 3. The molecule has 5 saturated heterocycles. The number of esters is 1. The largest absolute Gasteiger partial charge is 0.481 e. The fourth-order valence-electron chi connectivity index (χ4n) is 10.3. The molecule has 288 valence electrons. The van der Waals surface area contributed by atoms with Crippen LogP contribution in [0.25, 0.3) is 0 Å². The molecule has 0 saturated carbocycles. The van der Waals surface area contributed by atoms with Crippen molar-refractivity contribution in [2.45, 2.75) is 179 Å².